The summed E-state index contributed by atoms with van der Waals surface area (Å²) in [4.78, 5) is 28.7. The number of carbonyl (C=O) groups excluding carboxylic acids is 2. The van der Waals surface area contributed by atoms with Crippen LogP contribution in [-0.2, 0) is 9.53 Å². The summed E-state index contributed by atoms with van der Waals surface area (Å²) >= 11 is 6.82. The highest BCUT2D eigenvalue weighted by Gasteiger charge is 2.15. The number of pyridine rings is 1. The van der Waals surface area contributed by atoms with Gasteiger partial charge in [-0.05, 0) is 74.7 Å². The molecule has 0 fully saturated rings. The van der Waals surface area contributed by atoms with Crippen molar-refractivity contribution in [2.24, 2.45) is 0 Å². The van der Waals surface area contributed by atoms with Gasteiger partial charge in [-0.25, -0.2) is 4.79 Å². The summed E-state index contributed by atoms with van der Waals surface area (Å²) in [6.07, 6.45) is 1.65. The zero-order valence-corrected chi connectivity index (χ0v) is 16.9. The molecule has 0 unspecified atom stereocenters. The molecule has 1 heterocycles. The van der Waals surface area contributed by atoms with E-state index in [0.717, 1.165) is 14.5 Å². The third kappa shape index (κ3) is 4.11. The van der Waals surface area contributed by atoms with Gasteiger partial charge in [0.25, 0.3) is 5.91 Å². The van der Waals surface area contributed by atoms with E-state index in [0.29, 0.717) is 22.2 Å². The number of halogens is 2. The van der Waals surface area contributed by atoms with Gasteiger partial charge in [0.15, 0.2) is 6.61 Å². The quantitative estimate of drug-likeness (QED) is 0.544. The van der Waals surface area contributed by atoms with Gasteiger partial charge >= 0.3 is 5.97 Å². The lowest BCUT2D eigenvalue weighted by atomic mass is 10.1. The molecule has 1 N–H and O–H groups in total. The topological polar surface area (TPSA) is 68.3 Å². The maximum atomic E-state index is 12.3. The molecule has 0 aliphatic rings. The number of hydrogen-bond donors (Lipinski definition) is 1. The second-order valence-electron chi connectivity index (χ2n) is 5.60. The van der Waals surface area contributed by atoms with E-state index in [9.17, 15) is 9.59 Å². The van der Waals surface area contributed by atoms with E-state index in [4.69, 9.17) is 4.74 Å². The highest BCUT2D eigenvalue weighted by Crippen LogP contribution is 2.32. The van der Waals surface area contributed by atoms with Crippen molar-refractivity contribution in [3.63, 3.8) is 0 Å². The Hall–Kier alpha value is -2.25. The van der Waals surface area contributed by atoms with Crippen LogP contribution in [0.25, 0.3) is 10.9 Å². The zero-order chi connectivity index (χ0) is 18.7. The van der Waals surface area contributed by atoms with E-state index in [1.165, 1.54) is 0 Å². The number of hydrogen-bond acceptors (Lipinski definition) is 4. The molecule has 2 aromatic carbocycles. The van der Waals surface area contributed by atoms with Crippen LogP contribution in [-0.4, -0.2) is 23.5 Å². The molecule has 0 bridgehead atoms. The highest BCUT2D eigenvalue weighted by atomic mass is 79.9. The first kappa shape index (κ1) is 18.5. The van der Waals surface area contributed by atoms with Crippen molar-refractivity contribution >= 4 is 60.3 Å². The number of ether oxygens (including phenoxy) is 1. The Morgan fingerprint density at radius 2 is 1.85 bits per heavy atom. The Labute approximate surface area is 167 Å². The molecule has 7 heteroatoms. The summed E-state index contributed by atoms with van der Waals surface area (Å²) in [5.74, 6) is -0.997. The van der Waals surface area contributed by atoms with Gasteiger partial charge in [0.2, 0.25) is 0 Å². The minimum absolute atomic E-state index is 0.376. The van der Waals surface area contributed by atoms with E-state index in [-0.39, 0.29) is 6.61 Å². The summed E-state index contributed by atoms with van der Waals surface area (Å²) < 4.78 is 6.64. The number of fused-ring (bicyclic) bond motifs is 1. The SMILES string of the molecule is Cc1cc(Br)c(NC(=O)COC(=O)c2cccc3ncccc23)c(Br)c1. The van der Waals surface area contributed by atoms with Gasteiger partial charge in [-0.3, -0.25) is 9.78 Å². The number of nitrogens with one attached hydrogen (secondary N) is 1. The van der Waals surface area contributed by atoms with Crippen LogP contribution >= 0.6 is 31.9 Å². The molecule has 0 aliphatic heterocycles. The molecule has 0 aliphatic carbocycles. The third-order valence-electron chi connectivity index (χ3n) is 3.65. The van der Waals surface area contributed by atoms with E-state index >= 15 is 0 Å². The van der Waals surface area contributed by atoms with Gasteiger partial charge in [-0.1, -0.05) is 12.1 Å². The molecule has 132 valence electrons. The number of rotatable bonds is 4. The summed E-state index contributed by atoms with van der Waals surface area (Å²) in [5.41, 5.74) is 2.70. The Kier molecular flexibility index (Phi) is 5.68. The van der Waals surface area contributed by atoms with Crippen LogP contribution in [0.15, 0.2) is 57.6 Å². The van der Waals surface area contributed by atoms with Crippen LogP contribution < -0.4 is 5.32 Å². The lowest BCUT2D eigenvalue weighted by Crippen LogP contribution is -2.21. The second-order valence-corrected chi connectivity index (χ2v) is 7.31. The number of anilines is 1. The van der Waals surface area contributed by atoms with E-state index < -0.39 is 11.9 Å². The standard InChI is InChI=1S/C19H14Br2N2O3/c1-11-8-14(20)18(15(21)9-11)23-17(24)10-26-19(25)13-4-2-6-16-12(13)5-3-7-22-16/h2-9H,10H2,1H3,(H,23,24). The predicted molar refractivity (Wildman–Crippen MR) is 107 cm³/mol. The first-order valence-corrected chi connectivity index (χ1v) is 9.30. The lowest BCUT2D eigenvalue weighted by Gasteiger charge is -2.11. The minimum atomic E-state index is -0.569. The smallest absolute Gasteiger partial charge is 0.339 e. The van der Waals surface area contributed by atoms with Crippen molar-refractivity contribution in [1.82, 2.24) is 4.98 Å². The zero-order valence-electron chi connectivity index (χ0n) is 13.8. The van der Waals surface area contributed by atoms with Gasteiger partial charge in [0.1, 0.15) is 0 Å². The number of amides is 1. The van der Waals surface area contributed by atoms with Crippen molar-refractivity contribution < 1.29 is 14.3 Å². The summed E-state index contributed by atoms with van der Waals surface area (Å²) in [6.45, 7) is 1.56. The fourth-order valence-electron chi connectivity index (χ4n) is 2.48. The van der Waals surface area contributed by atoms with Crippen molar-refractivity contribution in [3.8, 4) is 0 Å². The number of benzene rings is 2. The van der Waals surface area contributed by atoms with Crippen LogP contribution in [0.1, 0.15) is 15.9 Å². The summed E-state index contributed by atoms with van der Waals surface area (Å²) in [6, 6.07) is 12.5. The molecule has 26 heavy (non-hydrogen) atoms. The molecule has 1 amide bonds. The first-order valence-electron chi connectivity index (χ1n) is 7.72. The van der Waals surface area contributed by atoms with Crippen molar-refractivity contribution in [1.29, 1.82) is 0 Å². The molecule has 1 aromatic heterocycles. The van der Waals surface area contributed by atoms with Gasteiger partial charge < -0.3 is 10.1 Å². The van der Waals surface area contributed by atoms with Gasteiger partial charge in [0, 0.05) is 20.5 Å². The number of nitrogens with zero attached hydrogens (tertiary/aromatic N) is 1. The lowest BCUT2D eigenvalue weighted by molar-refractivity contribution is -0.119. The maximum absolute atomic E-state index is 12.3. The Balaban J connectivity index is 1.69. The monoisotopic (exact) mass is 476 g/mol. The Morgan fingerprint density at radius 1 is 1.12 bits per heavy atom. The predicted octanol–water partition coefficient (Wildman–Crippen LogP) is 4.86. The average molecular weight is 478 g/mol. The number of esters is 1. The number of carbonyl (C=O) groups is 2. The summed E-state index contributed by atoms with van der Waals surface area (Å²) in [5, 5.41) is 3.41. The summed E-state index contributed by atoms with van der Waals surface area (Å²) in [7, 11) is 0. The molecular formula is C19H14Br2N2O3. The average Bonchev–Trinajstić information content (AvgIpc) is 2.62. The van der Waals surface area contributed by atoms with E-state index in [2.05, 4.69) is 42.2 Å². The Morgan fingerprint density at radius 3 is 2.58 bits per heavy atom. The van der Waals surface area contributed by atoms with Crippen molar-refractivity contribution in [2.75, 3.05) is 11.9 Å². The van der Waals surface area contributed by atoms with Crippen molar-refractivity contribution in [3.05, 3.63) is 68.7 Å². The molecule has 0 spiro atoms. The number of aromatic nitrogens is 1. The first-order chi connectivity index (χ1) is 12.5. The molecule has 0 saturated carbocycles. The molecular weight excluding hydrogens is 464 g/mol. The van der Waals surface area contributed by atoms with Gasteiger partial charge in [-0.2, -0.15) is 0 Å². The Bertz CT molecular complexity index is 977. The van der Waals surface area contributed by atoms with Crippen LogP contribution in [0, 0.1) is 6.92 Å². The van der Waals surface area contributed by atoms with Gasteiger partial charge in [-0.15, -0.1) is 0 Å². The minimum Gasteiger partial charge on any atom is -0.452 e. The molecule has 3 aromatic rings. The van der Waals surface area contributed by atoms with Crippen molar-refractivity contribution in [2.45, 2.75) is 6.92 Å². The molecule has 5 nitrogen and oxygen atoms in total. The number of aryl methyl sites for hydroxylation is 1. The van der Waals surface area contributed by atoms with E-state index in [1.54, 1.807) is 30.5 Å². The highest BCUT2D eigenvalue weighted by molar-refractivity contribution is 9.11. The van der Waals surface area contributed by atoms with Crippen LogP contribution in [0.3, 0.4) is 0 Å². The molecule has 3 rings (SSSR count). The fourth-order valence-corrected chi connectivity index (χ4v) is 4.10. The van der Waals surface area contributed by atoms with Gasteiger partial charge in [0.05, 0.1) is 16.8 Å². The van der Waals surface area contributed by atoms with Crippen LogP contribution in [0.2, 0.25) is 0 Å². The van der Waals surface area contributed by atoms with E-state index in [1.807, 2.05) is 25.1 Å². The normalized spacial score (nSPS) is 10.6. The fraction of sp³-hybridized carbons (Fsp3) is 0.105. The largest absolute Gasteiger partial charge is 0.452 e. The third-order valence-corrected chi connectivity index (χ3v) is 4.90. The molecule has 0 radical (unpaired) electrons. The second kappa shape index (κ2) is 7.97. The molecule has 0 saturated heterocycles. The van der Waals surface area contributed by atoms with Crippen LogP contribution in [0.5, 0.6) is 0 Å². The molecule has 0 atom stereocenters. The van der Waals surface area contributed by atoms with Crippen LogP contribution in [0.4, 0.5) is 5.69 Å². The maximum Gasteiger partial charge on any atom is 0.339 e.